The van der Waals surface area contributed by atoms with E-state index in [9.17, 15) is 25.5 Å². The number of rotatable bonds is 0. The van der Waals surface area contributed by atoms with Gasteiger partial charge in [0.2, 0.25) is 0 Å². The topological polar surface area (TPSA) is 164 Å². The molecule has 5 heterocycles. The highest BCUT2D eigenvalue weighted by Crippen LogP contribution is 2.73. The van der Waals surface area contributed by atoms with Crippen LogP contribution in [0.1, 0.15) is 149 Å². The van der Waals surface area contributed by atoms with Gasteiger partial charge in [-0.25, -0.2) is 0 Å². The van der Waals surface area contributed by atoms with Crippen LogP contribution < -0.4 is 0 Å². The first kappa shape index (κ1) is 43.5. The van der Waals surface area contributed by atoms with Gasteiger partial charge in [0.1, 0.15) is 11.7 Å². The Labute approximate surface area is 386 Å². The maximum atomic E-state index is 12.9. The molecule has 358 valence electrons. The smallest absolute Gasteiger partial charge is 0.174 e. The number of nitrogens with zero attached hydrogens (tertiary/aromatic N) is 2. The van der Waals surface area contributed by atoms with Crippen LogP contribution in [0.25, 0.3) is 0 Å². The fourth-order valence-corrected chi connectivity index (χ4v) is 19.9. The summed E-state index contributed by atoms with van der Waals surface area (Å²) in [7, 11) is 0. The van der Waals surface area contributed by atoms with Crippen molar-refractivity contribution in [3.05, 3.63) is 34.4 Å². The average molecular weight is 899 g/mol. The minimum Gasteiger partial charge on any atom is -0.393 e. The molecule has 0 amide bonds. The van der Waals surface area contributed by atoms with Crippen molar-refractivity contribution in [2.45, 2.75) is 211 Å². The standard InChI is InChI=1S/C54H78N2O9/c1-26-45-40(63-52(26)14-12-46(3,4)65-52)19-32-30-11-10-28-16-35-37(23-48(28,6)31(30)20-41(58)50(32,45)8)56-36-17-29-18-39(57)44-33(49(29,7)24-38(36)55-35)21-42(59)51(9)34(44)22-43-54(51,61)27(2)53(64-43)15-13-47(5,60)25-62-53/h22,26-33,39-45,57-61H,10-21,23-25H2,1-9H3/t26-,27+,28-,29+,30?,31-,32?,33-,39?,40?,41?,42?,43?,44?,45-,47-,48?,49?,50?,51?,52+,53?,54?/m0/s1. The van der Waals surface area contributed by atoms with Gasteiger partial charge < -0.3 is 44.5 Å². The molecule has 0 bridgehead atoms. The molecular formula is C54H78N2O9. The second-order valence-electron chi connectivity index (χ2n) is 26.8. The molecule has 2 spiro atoms. The summed E-state index contributed by atoms with van der Waals surface area (Å²) in [5, 5.41) is 60.9. The molecule has 5 saturated carbocycles. The quantitative estimate of drug-likeness (QED) is 0.183. The number of ether oxygens (including phenoxy) is 4. The fraction of sp³-hybridized carbons (Fsp3) is 0.889. The molecule has 1 aromatic heterocycles. The van der Waals surface area contributed by atoms with Gasteiger partial charge in [0, 0.05) is 47.3 Å². The maximum Gasteiger partial charge on any atom is 0.174 e. The molecule has 1 aromatic rings. The lowest BCUT2D eigenvalue weighted by Gasteiger charge is -2.62. The summed E-state index contributed by atoms with van der Waals surface area (Å²) in [6, 6.07) is 0. The first-order chi connectivity index (χ1) is 30.4. The third-order valence-corrected chi connectivity index (χ3v) is 23.7. The van der Waals surface area contributed by atoms with Crippen LogP contribution in [-0.4, -0.2) is 101 Å². The van der Waals surface area contributed by atoms with Crippen LogP contribution in [0.3, 0.4) is 0 Å². The van der Waals surface area contributed by atoms with Crippen LogP contribution in [-0.2, 0) is 44.6 Å². The Balaban J connectivity index is 0.767. The minimum absolute atomic E-state index is 0.00200. The van der Waals surface area contributed by atoms with E-state index in [1.54, 1.807) is 6.92 Å². The number of hydrogen-bond donors (Lipinski definition) is 5. The van der Waals surface area contributed by atoms with Gasteiger partial charge in [0.25, 0.3) is 0 Å². The third-order valence-electron chi connectivity index (χ3n) is 23.7. The van der Waals surface area contributed by atoms with Crippen molar-refractivity contribution in [2.24, 2.45) is 80.8 Å². The highest BCUT2D eigenvalue weighted by molar-refractivity contribution is 5.43. The molecule has 23 atom stereocenters. The molecular weight excluding hydrogens is 821 g/mol. The van der Waals surface area contributed by atoms with E-state index in [1.165, 1.54) is 18.5 Å². The Morgan fingerprint density at radius 2 is 1.34 bits per heavy atom. The van der Waals surface area contributed by atoms with E-state index in [1.807, 2.05) is 19.9 Å². The van der Waals surface area contributed by atoms with Crippen molar-refractivity contribution >= 4 is 0 Å². The highest BCUT2D eigenvalue weighted by Gasteiger charge is 2.78. The third kappa shape index (κ3) is 5.20. The van der Waals surface area contributed by atoms with E-state index in [-0.39, 0.29) is 64.3 Å². The zero-order valence-corrected chi connectivity index (χ0v) is 40.6. The van der Waals surface area contributed by atoms with E-state index in [0.29, 0.717) is 55.3 Å². The summed E-state index contributed by atoms with van der Waals surface area (Å²) in [6.07, 6.45) is 11.3. The van der Waals surface area contributed by atoms with Crippen molar-refractivity contribution < 1.29 is 44.5 Å². The monoisotopic (exact) mass is 899 g/mol. The normalized spacial score (nSPS) is 59.8. The number of aromatic nitrogens is 2. The van der Waals surface area contributed by atoms with Crippen LogP contribution >= 0.6 is 0 Å². The molecule has 9 fully saturated rings. The number of aliphatic hydroxyl groups is 5. The predicted octanol–water partition coefficient (Wildman–Crippen LogP) is 6.40. The van der Waals surface area contributed by atoms with Gasteiger partial charge in [-0.15, -0.1) is 0 Å². The van der Waals surface area contributed by atoms with Crippen molar-refractivity contribution in [1.29, 1.82) is 0 Å². The van der Waals surface area contributed by atoms with Crippen molar-refractivity contribution in [3.8, 4) is 0 Å². The molecule has 4 saturated heterocycles. The summed E-state index contributed by atoms with van der Waals surface area (Å²) >= 11 is 0. The van der Waals surface area contributed by atoms with E-state index in [0.717, 1.165) is 74.0 Å². The Hall–Kier alpha value is -1.54. The molecule has 12 aliphatic rings. The molecule has 65 heavy (non-hydrogen) atoms. The molecule has 0 radical (unpaired) electrons. The summed E-state index contributed by atoms with van der Waals surface area (Å²) in [6.45, 7) is 19.9. The van der Waals surface area contributed by atoms with Crippen LogP contribution in [0.2, 0.25) is 0 Å². The van der Waals surface area contributed by atoms with Crippen LogP contribution in [0.15, 0.2) is 11.6 Å². The lowest BCUT2D eigenvalue weighted by molar-refractivity contribution is -0.289. The van der Waals surface area contributed by atoms with Crippen LogP contribution in [0.5, 0.6) is 0 Å². The molecule has 0 aromatic carbocycles. The van der Waals surface area contributed by atoms with Gasteiger partial charge >= 0.3 is 0 Å². The second-order valence-corrected chi connectivity index (χ2v) is 26.8. The summed E-state index contributed by atoms with van der Waals surface area (Å²) in [4.78, 5) is 11.2. The number of hydrogen-bond acceptors (Lipinski definition) is 11. The summed E-state index contributed by atoms with van der Waals surface area (Å²) in [5.74, 6) is 0.428. The average Bonchev–Trinajstić information content (AvgIpc) is 3.94. The lowest BCUT2D eigenvalue weighted by atomic mass is 9.43. The van der Waals surface area contributed by atoms with E-state index in [2.05, 4.69) is 41.5 Å². The Morgan fingerprint density at radius 1 is 0.677 bits per heavy atom. The SMILES string of the molecule is C[C@@H]1C2(CC[C@](C)(O)CO2)OC2C=C3C4C(O)C[C@H]5Cc6nc7c(nc6CC5(C)[C@H]4CC(O)C3(C)C21O)C[C@@H]1CCC2C3CC4O[C@@]5(CCC(C)(C)O5)[C@@H](C)[C@@H]4C3(C)C(O)C[C@@H]2C1(C)C7. The fourth-order valence-electron chi connectivity index (χ4n) is 19.9. The van der Waals surface area contributed by atoms with Crippen molar-refractivity contribution in [2.75, 3.05) is 6.61 Å². The van der Waals surface area contributed by atoms with E-state index < -0.39 is 52.4 Å². The van der Waals surface area contributed by atoms with Gasteiger partial charge in [-0.2, -0.15) is 0 Å². The van der Waals surface area contributed by atoms with Gasteiger partial charge in [-0.1, -0.05) is 53.2 Å². The molecule has 11 heteroatoms. The molecule has 13 rings (SSSR count). The first-order valence-electron chi connectivity index (χ1n) is 26.2. The van der Waals surface area contributed by atoms with Gasteiger partial charge in [-0.05, 0) is 144 Å². The highest BCUT2D eigenvalue weighted by atomic mass is 16.7. The zero-order chi connectivity index (χ0) is 45.6. The number of aliphatic hydroxyl groups excluding tert-OH is 3. The zero-order valence-electron chi connectivity index (χ0n) is 40.6. The van der Waals surface area contributed by atoms with Crippen molar-refractivity contribution in [3.63, 3.8) is 0 Å². The van der Waals surface area contributed by atoms with Crippen LogP contribution in [0, 0.1) is 80.8 Å². The van der Waals surface area contributed by atoms with Gasteiger partial charge in [0.05, 0.1) is 65.0 Å². The van der Waals surface area contributed by atoms with Gasteiger partial charge in [0.15, 0.2) is 11.6 Å². The molecule has 11 nitrogen and oxygen atoms in total. The summed E-state index contributed by atoms with van der Waals surface area (Å²) in [5.41, 5.74) is 1.52. The molecule has 14 unspecified atom stereocenters. The summed E-state index contributed by atoms with van der Waals surface area (Å²) < 4.78 is 26.8. The molecule has 8 aliphatic carbocycles. The Bertz CT molecular complexity index is 2240. The predicted molar refractivity (Wildman–Crippen MR) is 240 cm³/mol. The maximum absolute atomic E-state index is 12.9. The van der Waals surface area contributed by atoms with Crippen molar-refractivity contribution in [1.82, 2.24) is 9.97 Å². The van der Waals surface area contributed by atoms with E-state index in [4.69, 9.17) is 28.9 Å². The second kappa shape index (κ2) is 13.0. The first-order valence-corrected chi connectivity index (χ1v) is 26.2. The largest absolute Gasteiger partial charge is 0.393 e. The Kier molecular flexibility index (Phi) is 8.73. The molecule has 4 aliphatic heterocycles. The Morgan fingerprint density at radius 3 is 2.00 bits per heavy atom. The lowest BCUT2D eigenvalue weighted by Crippen LogP contribution is -2.66. The van der Waals surface area contributed by atoms with Gasteiger partial charge in [-0.3, -0.25) is 9.97 Å². The molecule has 5 N–H and O–H groups in total. The van der Waals surface area contributed by atoms with E-state index >= 15 is 0 Å². The minimum atomic E-state index is -1.42. The van der Waals surface area contributed by atoms with Crippen LogP contribution in [0.4, 0.5) is 0 Å². The number of fused-ring (bicyclic) bond motifs is 16.